The smallest absolute Gasteiger partial charge is 0.134 e. The fraction of sp³-hybridized carbons (Fsp3) is 0.222. The van der Waals surface area contributed by atoms with E-state index in [1.807, 2.05) is 6.07 Å². The van der Waals surface area contributed by atoms with E-state index >= 15 is 0 Å². The zero-order valence-corrected chi connectivity index (χ0v) is 12.0. The normalized spacial score (nSPS) is 10.9. The lowest BCUT2D eigenvalue weighted by atomic mass is 10.1. The summed E-state index contributed by atoms with van der Waals surface area (Å²) in [7, 11) is 1.68. The molecule has 5 heteroatoms. The van der Waals surface area contributed by atoms with Crippen LogP contribution in [0.1, 0.15) is 5.56 Å². The highest BCUT2D eigenvalue weighted by Gasteiger charge is 2.13. The molecule has 0 saturated carbocycles. The fourth-order valence-electron chi connectivity index (χ4n) is 1.44. The van der Waals surface area contributed by atoms with Crippen molar-refractivity contribution in [3.05, 3.63) is 18.9 Å². The number of aryl methyl sites for hydroxylation is 1. The molecule has 1 aromatic heterocycles. The van der Waals surface area contributed by atoms with Gasteiger partial charge in [0.2, 0.25) is 0 Å². The second-order valence-electron chi connectivity index (χ2n) is 2.97. The van der Waals surface area contributed by atoms with Gasteiger partial charge < -0.3 is 4.74 Å². The Morgan fingerprint density at radius 3 is 2.79 bits per heavy atom. The number of ether oxygens (including phenoxy) is 1. The molecule has 0 aliphatic heterocycles. The number of benzene rings is 1. The van der Waals surface area contributed by atoms with Crippen molar-refractivity contribution in [2.75, 3.05) is 7.11 Å². The van der Waals surface area contributed by atoms with E-state index in [4.69, 9.17) is 4.74 Å². The molecule has 74 valence electrons. The van der Waals surface area contributed by atoms with Gasteiger partial charge in [0.15, 0.2) is 0 Å². The molecule has 0 spiro atoms. The highest BCUT2D eigenvalue weighted by Crippen LogP contribution is 2.32. The Balaban J connectivity index is 2.89. The van der Waals surface area contributed by atoms with Gasteiger partial charge in [0.05, 0.1) is 10.7 Å². The number of H-pyrrole nitrogens is 1. The minimum Gasteiger partial charge on any atom is -0.496 e. The molecule has 0 radical (unpaired) electrons. The van der Waals surface area contributed by atoms with Crippen LogP contribution in [0.3, 0.4) is 0 Å². The average molecular weight is 414 g/mol. The van der Waals surface area contributed by atoms with Crippen molar-refractivity contribution in [3.8, 4) is 5.75 Å². The number of rotatable bonds is 1. The summed E-state index contributed by atoms with van der Waals surface area (Å²) in [5, 5.41) is 8.44. The van der Waals surface area contributed by atoms with E-state index in [1.165, 1.54) is 10.9 Å². The molecule has 1 aromatic carbocycles. The minimum absolute atomic E-state index is 0.888. The first kappa shape index (κ1) is 10.5. The summed E-state index contributed by atoms with van der Waals surface area (Å²) >= 11 is 4.52. The van der Waals surface area contributed by atoms with E-state index in [0.29, 0.717) is 0 Å². The van der Waals surface area contributed by atoms with Gasteiger partial charge in [0, 0.05) is 5.39 Å². The molecule has 0 fully saturated rings. The zero-order chi connectivity index (χ0) is 10.3. The van der Waals surface area contributed by atoms with Crippen molar-refractivity contribution < 1.29 is 4.74 Å². The van der Waals surface area contributed by atoms with E-state index in [0.717, 1.165) is 18.5 Å². The molecule has 0 saturated heterocycles. The van der Waals surface area contributed by atoms with Crippen molar-refractivity contribution in [1.82, 2.24) is 10.2 Å². The number of fused-ring (bicyclic) bond motifs is 1. The van der Waals surface area contributed by atoms with Crippen LogP contribution in [-0.2, 0) is 0 Å². The van der Waals surface area contributed by atoms with Gasteiger partial charge in [-0.05, 0) is 63.7 Å². The molecule has 0 atom stereocenters. The molecular formula is C9H8I2N2O. The van der Waals surface area contributed by atoms with Gasteiger partial charge in [-0.15, -0.1) is 0 Å². The third kappa shape index (κ3) is 1.50. The summed E-state index contributed by atoms with van der Waals surface area (Å²) < 4.78 is 7.42. The van der Waals surface area contributed by atoms with Crippen LogP contribution in [0.2, 0.25) is 0 Å². The van der Waals surface area contributed by atoms with Crippen LogP contribution in [0.5, 0.6) is 5.75 Å². The first-order valence-electron chi connectivity index (χ1n) is 4.01. The van der Waals surface area contributed by atoms with Gasteiger partial charge >= 0.3 is 0 Å². The Kier molecular flexibility index (Phi) is 2.87. The topological polar surface area (TPSA) is 37.9 Å². The summed E-state index contributed by atoms with van der Waals surface area (Å²) in [6.07, 6.45) is 0. The molecular weight excluding hydrogens is 406 g/mol. The Morgan fingerprint density at radius 2 is 2.14 bits per heavy atom. The molecule has 1 heterocycles. The summed E-state index contributed by atoms with van der Waals surface area (Å²) in [6, 6.07) is 2.04. The van der Waals surface area contributed by atoms with Crippen molar-refractivity contribution >= 4 is 56.1 Å². The first-order valence-corrected chi connectivity index (χ1v) is 6.17. The number of nitrogens with one attached hydrogen (secondary N) is 1. The maximum absolute atomic E-state index is 5.28. The van der Waals surface area contributed by atoms with Crippen LogP contribution in [0, 0.1) is 14.2 Å². The molecule has 0 unspecified atom stereocenters. The zero-order valence-electron chi connectivity index (χ0n) is 7.69. The molecule has 0 aliphatic rings. The number of aromatic amines is 1. The van der Waals surface area contributed by atoms with E-state index in [-0.39, 0.29) is 0 Å². The molecule has 2 aromatic rings. The standard InChI is InChI=1S/C9H8I2N2O/c1-4-3-5(14-2)7(10)8-6(4)9(11)13-12-8/h3H,1-2H3,(H,12,13). The highest BCUT2D eigenvalue weighted by atomic mass is 127. The van der Waals surface area contributed by atoms with E-state index in [9.17, 15) is 0 Å². The fourth-order valence-corrected chi connectivity index (χ4v) is 3.00. The van der Waals surface area contributed by atoms with Crippen LogP contribution >= 0.6 is 45.2 Å². The van der Waals surface area contributed by atoms with Gasteiger partial charge in [0.25, 0.3) is 0 Å². The van der Waals surface area contributed by atoms with Crippen LogP contribution in [0.25, 0.3) is 10.9 Å². The lowest BCUT2D eigenvalue weighted by Crippen LogP contribution is -1.90. The number of halogens is 2. The monoisotopic (exact) mass is 414 g/mol. The van der Waals surface area contributed by atoms with Gasteiger partial charge in [-0.25, -0.2) is 0 Å². The minimum atomic E-state index is 0.888. The molecule has 0 aliphatic carbocycles. The highest BCUT2D eigenvalue weighted by molar-refractivity contribution is 14.1. The number of aromatic nitrogens is 2. The maximum Gasteiger partial charge on any atom is 0.134 e. The van der Waals surface area contributed by atoms with Gasteiger partial charge in [-0.1, -0.05) is 0 Å². The van der Waals surface area contributed by atoms with Gasteiger partial charge in [-0.3, -0.25) is 5.10 Å². The third-order valence-corrected chi connectivity index (χ3v) is 3.93. The van der Waals surface area contributed by atoms with E-state index < -0.39 is 0 Å². The number of hydrogen-bond donors (Lipinski definition) is 1. The second-order valence-corrected chi connectivity index (χ2v) is 5.13. The molecule has 1 N–H and O–H groups in total. The quantitative estimate of drug-likeness (QED) is 0.729. The van der Waals surface area contributed by atoms with Gasteiger partial charge in [0.1, 0.15) is 15.0 Å². The third-order valence-electron chi connectivity index (χ3n) is 2.11. The van der Waals surface area contributed by atoms with Crippen LogP contribution in [-0.4, -0.2) is 17.3 Å². The summed E-state index contributed by atoms with van der Waals surface area (Å²) in [6.45, 7) is 2.07. The van der Waals surface area contributed by atoms with Gasteiger partial charge in [-0.2, -0.15) is 5.10 Å². The van der Waals surface area contributed by atoms with Crippen molar-refractivity contribution in [2.24, 2.45) is 0 Å². The number of methoxy groups -OCH3 is 1. The Hall–Kier alpha value is -0.0500. The number of nitrogens with zero attached hydrogens (tertiary/aromatic N) is 1. The second kappa shape index (κ2) is 3.84. The SMILES string of the molecule is COc1cc(C)c2c(I)[nH]nc2c1I. The first-order chi connectivity index (χ1) is 6.65. The molecule has 3 nitrogen and oxygen atoms in total. The van der Waals surface area contributed by atoms with Crippen LogP contribution < -0.4 is 4.74 Å². The maximum atomic E-state index is 5.28. The molecule has 0 bridgehead atoms. The lowest BCUT2D eigenvalue weighted by Gasteiger charge is -2.05. The Bertz CT molecular complexity index is 493. The largest absolute Gasteiger partial charge is 0.496 e. The Labute approximate surface area is 109 Å². The summed E-state index contributed by atoms with van der Waals surface area (Å²) in [5.41, 5.74) is 2.18. The summed E-state index contributed by atoms with van der Waals surface area (Å²) in [5.74, 6) is 0.888. The van der Waals surface area contributed by atoms with E-state index in [2.05, 4.69) is 62.3 Å². The predicted octanol–water partition coefficient (Wildman–Crippen LogP) is 3.09. The summed E-state index contributed by atoms with van der Waals surface area (Å²) in [4.78, 5) is 0. The van der Waals surface area contributed by atoms with Crippen molar-refractivity contribution in [2.45, 2.75) is 6.92 Å². The van der Waals surface area contributed by atoms with Crippen molar-refractivity contribution in [1.29, 1.82) is 0 Å². The molecule has 2 rings (SSSR count). The molecule has 14 heavy (non-hydrogen) atoms. The van der Waals surface area contributed by atoms with E-state index in [1.54, 1.807) is 7.11 Å². The van der Waals surface area contributed by atoms with Crippen molar-refractivity contribution in [3.63, 3.8) is 0 Å². The Morgan fingerprint density at radius 1 is 1.43 bits per heavy atom. The average Bonchev–Trinajstić information content (AvgIpc) is 2.54. The molecule has 0 amide bonds. The van der Waals surface area contributed by atoms with Crippen LogP contribution in [0.15, 0.2) is 6.07 Å². The van der Waals surface area contributed by atoms with Crippen LogP contribution in [0.4, 0.5) is 0 Å². The lowest BCUT2D eigenvalue weighted by molar-refractivity contribution is 0.412. The predicted molar refractivity (Wildman–Crippen MR) is 72.8 cm³/mol. The number of hydrogen-bond acceptors (Lipinski definition) is 2.